The summed E-state index contributed by atoms with van der Waals surface area (Å²) in [6.45, 7) is 5.67. The second kappa shape index (κ2) is 10.9. The quantitative estimate of drug-likeness (QED) is 0.572. The highest BCUT2D eigenvalue weighted by atomic mass is 32.1. The number of nitrogen functional groups attached to an aromatic ring is 1. The number of anilines is 2. The fourth-order valence-electron chi connectivity index (χ4n) is 3.33. The Bertz CT molecular complexity index is 865. The van der Waals surface area contributed by atoms with Crippen LogP contribution in [0.25, 0.3) is 11.0 Å². The van der Waals surface area contributed by atoms with E-state index in [2.05, 4.69) is 20.3 Å². The van der Waals surface area contributed by atoms with Crippen molar-refractivity contribution in [3.63, 3.8) is 0 Å². The van der Waals surface area contributed by atoms with Crippen molar-refractivity contribution < 1.29 is 9.47 Å². The second-order valence-electron chi connectivity index (χ2n) is 6.80. The molecule has 1 saturated carbocycles. The van der Waals surface area contributed by atoms with Crippen molar-refractivity contribution in [2.24, 2.45) is 0 Å². The van der Waals surface area contributed by atoms with Crippen molar-refractivity contribution in [3.8, 4) is 5.75 Å². The number of fused-ring (bicyclic) bond motifs is 1. The minimum absolute atomic E-state index is 0.186. The van der Waals surface area contributed by atoms with Crippen LogP contribution in [0.5, 0.6) is 5.75 Å². The molecule has 1 aliphatic rings. The number of nitrogens with zero attached hydrogens (tertiary/aromatic N) is 3. The summed E-state index contributed by atoms with van der Waals surface area (Å²) in [5, 5.41) is 6.48. The normalized spacial score (nSPS) is 18.7. The van der Waals surface area contributed by atoms with Crippen LogP contribution < -0.4 is 15.8 Å². The number of benzene rings is 1. The van der Waals surface area contributed by atoms with Gasteiger partial charge in [0.15, 0.2) is 5.13 Å². The Morgan fingerprint density at radius 2 is 1.79 bits per heavy atom. The maximum absolute atomic E-state index is 6.21. The maximum Gasteiger partial charge on any atom is 0.182 e. The number of nitrogens with two attached hydrogens (primary N) is 1. The number of rotatable bonds is 6. The number of thiazole rings is 1. The monoisotopic (exact) mass is 415 g/mol. The molecular weight excluding hydrogens is 386 g/mol. The molecule has 0 aliphatic heterocycles. The molecule has 2 aromatic heterocycles. The van der Waals surface area contributed by atoms with E-state index < -0.39 is 0 Å². The molecule has 3 aromatic rings. The first-order valence-corrected chi connectivity index (χ1v) is 11.0. The highest BCUT2D eigenvalue weighted by molar-refractivity contribution is 7.13. The van der Waals surface area contributed by atoms with Gasteiger partial charge in [0, 0.05) is 55.0 Å². The van der Waals surface area contributed by atoms with Crippen molar-refractivity contribution in [3.05, 3.63) is 36.1 Å². The topological polar surface area (TPSA) is 95.2 Å². The van der Waals surface area contributed by atoms with Crippen molar-refractivity contribution >= 4 is 33.2 Å². The molecule has 0 amide bonds. The van der Waals surface area contributed by atoms with Gasteiger partial charge in [0.1, 0.15) is 11.3 Å². The van der Waals surface area contributed by atoms with E-state index in [-0.39, 0.29) is 6.10 Å². The Morgan fingerprint density at radius 3 is 2.45 bits per heavy atom. The Hall–Kier alpha value is -2.45. The summed E-state index contributed by atoms with van der Waals surface area (Å²) in [5.41, 5.74) is 8.16. The Balaban J connectivity index is 0.000000431. The van der Waals surface area contributed by atoms with Crippen LogP contribution in [0.15, 0.2) is 36.1 Å². The molecule has 2 heterocycles. The lowest BCUT2D eigenvalue weighted by Gasteiger charge is -2.29. The zero-order chi connectivity index (χ0) is 20.5. The Labute approximate surface area is 175 Å². The van der Waals surface area contributed by atoms with Gasteiger partial charge >= 0.3 is 0 Å². The van der Waals surface area contributed by atoms with Gasteiger partial charge in [-0.15, -0.1) is 11.3 Å². The zero-order valence-electron chi connectivity index (χ0n) is 17.0. The lowest BCUT2D eigenvalue weighted by molar-refractivity contribution is 0.152. The number of aromatic nitrogens is 3. The third-order valence-electron chi connectivity index (χ3n) is 4.70. The first-order chi connectivity index (χ1) is 14.2. The van der Waals surface area contributed by atoms with Crippen LogP contribution in [0.3, 0.4) is 0 Å². The number of ether oxygens (including phenoxy) is 2. The third kappa shape index (κ3) is 6.27. The van der Waals surface area contributed by atoms with Crippen LogP contribution in [0, 0.1) is 0 Å². The van der Waals surface area contributed by atoms with Gasteiger partial charge < -0.3 is 20.5 Å². The molecule has 0 saturated heterocycles. The summed E-state index contributed by atoms with van der Waals surface area (Å²) in [4.78, 5) is 13.0. The van der Waals surface area contributed by atoms with E-state index in [1.807, 2.05) is 37.6 Å². The molecule has 0 bridgehead atoms. The molecule has 1 aliphatic carbocycles. The van der Waals surface area contributed by atoms with Crippen LogP contribution in [0.1, 0.15) is 39.5 Å². The fourth-order valence-corrected chi connectivity index (χ4v) is 3.94. The molecule has 156 valence electrons. The summed E-state index contributed by atoms with van der Waals surface area (Å²) >= 11 is 1.64. The molecule has 0 spiro atoms. The van der Waals surface area contributed by atoms with Crippen LogP contribution >= 0.6 is 11.3 Å². The van der Waals surface area contributed by atoms with E-state index in [9.17, 15) is 0 Å². The standard InChI is InChI=1S/C17H19N5OS.C4H10O/c18-11-9-14-16(20-6-5-19-14)15(10-11)23-13-3-1-12(2-4-13)22-17-21-7-8-24-17;1-3-5-4-2/h5-10,12-13H,1-4,18H2,(H,21,22);3-4H2,1-2H3. The Morgan fingerprint density at radius 1 is 1.03 bits per heavy atom. The molecule has 4 rings (SSSR count). The lowest BCUT2D eigenvalue weighted by atomic mass is 9.93. The molecular formula is C21H29N5O2S. The van der Waals surface area contributed by atoms with E-state index in [0.29, 0.717) is 11.7 Å². The smallest absolute Gasteiger partial charge is 0.182 e. The van der Waals surface area contributed by atoms with Crippen molar-refractivity contribution in [2.75, 3.05) is 24.3 Å². The molecule has 1 fully saturated rings. The first kappa shape index (κ1) is 21.3. The summed E-state index contributed by atoms with van der Waals surface area (Å²) in [6, 6.07) is 4.13. The van der Waals surface area contributed by atoms with Gasteiger partial charge in [0.2, 0.25) is 0 Å². The highest BCUT2D eigenvalue weighted by Crippen LogP contribution is 2.31. The zero-order valence-corrected chi connectivity index (χ0v) is 17.8. The average molecular weight is 416 g/mol. The van der Waals surface area contributed by atoms with Crippen molar-refractivity contribution in [2.45, 2.75) is 51.7 Å². The van der Waals surface area contributed by atoms with E-state index in [1.54, 1.807) is 23.7 Å². The van der Waals surface area contributed by atoms with Gasteiger partial charge in [0.25, 0.3) is 0 Å². The molecule has 0 atom stereocenters. The summed E-state index contributed by atoms with van der Waals surface area (Å²) in [5.74, 6) is 0.731. The van der Waals surface area contributed by atoms with E-state index in [0.717, 1.165) is 60.8 Å². The average Bonchev–Trinajstić information content (AvgIpc) is 3.23. The van der Waals surface area contributed by atoms with Gasteiger partial charge in [-0.1, -0.05) is 0 Å². The summed E-state index contributed by atoms with van der Waals surface area (Å²) in [6.07, 6.45) is 9.49. The predicted molar refractivity (Wildman–Crippen MR) is 119 cm³/mol. The third-order valence-corrected chi connectivity index (χ3v) is 5.40. The maximum atomic E-state index is 6.21. The molecule has 1 aromatic carbocycles. The highest BCUT2D eigenvalue weighted by Gasteiger charge is 2.23. The van der Waals surface area contributed by atoms with Crippen LogP contribution in [-0.4, -0.2) is 40.3 Å². The summed E-state index contributed by atoms with van der Waals surface area (Å²) in [7, 11) is 0. The first-order valence-electron chi connectivity index (χ1n) is 10.1. The SMILES string of the molecule is CCOCC.Nc1cc(OC2CCC(Nc3nccs3)CC2)c2nccnc2c1. The molecule has 8 heteroatoms. The van der Waals surface area contributed by atoms with Crippen LogP contribution in [0.4, 0.5) is 10.8 Å². The number of hydrogen-bond donors (Lipinski definition) is 2. The van der Waals surface area contributed by atoms with Crippen LogP contribution in [-0.2, 0) is 4.74 Å². The minimum Gasteiger partial charge on any atom is -0.488 e. The number of nitrogens with one attached hydrogen (secondary N) is 1. The molecule has 29 heavy (non-hydrogen) atoms. The number of hydrogen-bond acceptors (Lipinski definition) is 8. The largest absolute Gasteiger partial charge is 0.488 e. The Kier molecular flexibility index (Phi) is 8.01. The molecule has 0 radical (unpaired) electrons. The molecule has 3 N–H and O–H groups in total. The van der Waals surface area contributed by atoms with Gasteiger partial charge in [0.05, 0.1) is 11.6 Å². The fraction of sp³-hybridized carbons (Fsp3) is 0.476. The van der Waals surface area contributed by atoms with Crippen molar-refractivity contribution in [1.29, 1.82) is 0 Å². The lowest BCUT2D eigenvalue weighted by Crippen LogP contribution is -2.31. The second-order valence-corrected chi connectivity index (χ2v) is 7.69. The minimum atomic E-state index is 0.186. The van der Waals surface area contributed by atoms with Crippen molar-refractivity contribution in [1.82, 2.24) is 15.0 Å². The van der Waals surface area contributed by atoms with E-state index in [1.165, 1.54) is 0 Å². The molecule has 7 nitrogen and oxygen atoms in total. The van der Waals surface area contributed by atoms with E-state index in [4.69, 9.17) is 15.2 Å². The van der Waals surface area contributed by atoms with Gasteiger partial charge in [-0.3, -0.25) is 4.98 Å². The predicted octanol–water partition coefficient (Wildman–Crippen LogP) is 4.51. The van der Waals surface area contributed by atoms with Gasteiger partial charge in [-0.05, 0) is 45.6 Å². The van der Waals surface area contributed by atoms with Gasteiger partial charge in [-0.2, -0.15) is 0 Å². The van der Waals surface area contributed by atoms with Crippen LogP contribution in [0.2, 0.25) is 0 Å². The van der Waals surface area contributed by atoms with E-state index >= 15 is 0 Å². The van der Waals surface area contributed by atoms with Gasteiger partial charge in [-0.25, -0.2) is 9.97 Å². The molecule has 0 unspecified atom stereocenters. The summed E-state index contributed by atoms with van der Waals surface area (Å²) < 4.78 is 11.0.